The van der Waals surface area contributed by atoms with Gasteiger partial charge in [0.25, 0.3) is 5.91 Å². The first-order chi connectivity index (χ1) is 11.8. The van der Waals surface area contributed by atoms with E-state index in [0.29, 0.717) is 6.61 Å². The van der Waals surface area contributed by atoms with E-state index in [1.165, 1.54) is 0 Å². The highest BCUT2D eigenvalue weighted by Gasteiger charge is 1.99. The Morgan fingerprint density at radius 2 is 1.88 bits per heavy atom. The summed E-state index contributed by atoms with van der Waals surface area (Å²) in [5, 5.41) is 6.89. The highest BCUT2D eigenvalue weighted by molar-refractivity contribution is 5.83. The van der Waals surface area contributed by atoms with Crippen LogP contribution in [0.25, 0.3) is 6.08 Å². The molecule has 124 valence electrons. The van der Waals surface area contributed by atoms with Crippen LogP contribution < -0.4 is 15.5 Å². The normalized spacial score (nSPS) is 10.9. The number of hydrogen-bond acceptors (Lipinski definition) is 4. The van der Waals surface area contributed by atoms with Gasteiger partial charge in [-0.25, -0.2) is 5.43 Å². The number of hydrazone groups is 1. The van der Waals surface area contributed by atoms with Crippen molar-refractivity contribution in [3.63, 3.8) is 0 Å². The second-order valence-electron chi connectivity index (χ2n) is 4.89. The Hall–Kier alpha value is -3.08. The highest BCUT2D eigenvalue weighted by Crippen LogP contribution is 2.15. The Bertz CT molecular complexity index is 680. The fourth-order valence-electron chi connectivity index (χ4n) is 1.93. The summed E-state index contributed by atoms with van der Waals surface area (Å²) in [5.74, 6) is 0.593. The molecular formula is C19H21N3O2. The summed E-state index contributed by atoms with van der Waals surface area (Å²) in [6.07, 6.45) is 5.23. The molecule has 2 N–H and O–H groups in total. The van der Waals surface area contributed by atoms with Crippen LogP contribution in [-0.2, 0) is 4.79 Å². The molecule has 0 spiro atoms. The molecule has 1 amide bonds. The van der Waals surface area contributed by atoms with E-state index < -0.39 is 0 Å². The first-order valence-corrected chi connectivity index (χ1v) is 7.78. The number of carbonyl (C=O) groups excluding carboxylic acids is 1. The summed E-state index contributed by atoms with van der Waals surface area (Å²) in [6, 6.07) is 17.3. The van der Waals surface area contributed by atoms with Crippen LogP contribution in [0.1, 0.15) is 12.5 Å². The number of nitrogens with zero attached hydrogens (tertiary/aromatic N) is 1. The second-order valence-corrected chi connectivity index (χ2v) is 4.89. The van der Waals surface area contributed by atoms with Gasteiger partial charge in [0, 0.05) is 11.9 Å². The Kier molecular flexibility index (Phi) is 7.08. The molecule has 0 fully saturated rings. The molecule has 0 radical (unpaired) electrons. The molecule has 0 saturated carbocycles. The van der Waals surface area contributed by atoms with Crippen LogP contribution in [0.3, 0.4) is 0 Å². The molecule has 5 nitrogen and oxygen atoms in total. The smallest absolute Gasteiger partial charge is 0.259 e. The van der Waals surface area contributed by atoms with Crippen molar-refractivity contribution >= 4 is 23.9 Å². The SMILES string of the molecule is CCOc1ccc(NCC(=O)NN=C/C=C/c2ccccc2)cc1. The molecule has 0 aliphatic heterocycles. The number of nitrogens with one attached hydrogen (secondary N) is 2. The van der Waals surface area contributed by atoms with E-state index in [1.807, 2.05) is 67.6 Å². The number of allylic oxidation sites excluding steroid dienone is 1. The Labute approximate surface area is 142 Å². The summed E-state index contributed by atoms with van der Waals surface area (Å²) >= 11 is 0. The number of anilines is 1. The van der Waals surface area contributed by atoms with Gasteiger partial charge in [0.2, 0.25) is 0 Å². The summed E-state index contributed by atoms with van der Waals surface area (Å²) < 4.78 is 5.36. The maximum absolute atomic E-state index is 11.7. The topological polar surface area (TPSA) is 62.7 Å². The predicted octanol–water partition coefficient (Wildman–Crippen LogP) is 3.31. The van der Waals surface area contributed by atoms with Gasteiger partial charge < -0.3 is 10.1 Å². The average molecular weight is 323 g/mol. The van der Waals surface area contributed by atoms with Crippen LogP contribution in [0.2, 0.25) is 0 Å². The molecule has 5 heteroatoms. The fraction of sp³-hybridized carbons (Fsp3) is 0.158. The average Bonchev–Trinajstić information content (AvgIpc) is 2.62. The molecule has 0 saturated heterocycles. The number of rotatable bonds is 8. The fourth-order valence-corrected chi connectivity index (χ4v) is 1.93. The van der Waals surface area contributed by atoms with E-state index in [4.69, 9.17) is 4.74 Å². The van der Waals surface area contributed by atoms with E-state index in [2.05, 4.69) is 15.8 Å². The van der Waals surface area contributed by atoms with Crippen LogP contribution in [0.5, 0.6) is 5.75 Å². The van der Waals surface area contributed by atoms with Gasteiger partial charge in [0.15, 0.2) is 0 Å². The molecular weight excluding hydrogens is 302 g/mol. The number of benzene rings is 2. The Morgan fingerprint density at radius 1 is 1.12 bits per heavy atom. The van der Waals surface area contributed by atoms with Gasteiger partial charge in [-0.05, 0) is 42.8 Å². The van der Waals surface area contributed by atoms with Crippen molar-refractivity contribution in [2.45, 2.75) is 6.92 Å². The van der Waals surface area contributed by atoms with Gasteiger partial charge >= 0.3 is 0 Å². The quantitative estimate of drug-likeness (QED) is 0.579. The van der Waals surface area contributed by atoms with Crippen LogP contribution >= 0.6 is 0 Å². The van der Waals surface area contributed by atoms with E-state index in [-0.39, 0.29) is 12.5 Å². The summed E-state index contributed by atoms with van der Waals surface area (Å²) in [5.41, 5.74) is 4.39. The summed E-state index contributed by atoms with van der Waals surface area (Å²) in [6.45, 7) is 2.71. The minimum Gasteiger partial charge on any atom is -0.494 e. The van der Waals surface area contributed by atoms with Crippen molar-refractivity contribution in [2.75, 3.05) is 18.5 Å². The number of carbonyl (C=O) groups is 1. The van der Waals surface area contributed by atoms with Crippen molar-refractivity contribution < 1.29 is 9.53 Å². The van der Waals surface area contributed by atoms with E-state index in [9.17, 15) is 4.79 Å². The monoisotopic (exact) mass is 323 g/mol. The molecule has 2 rings (SSSR count). The van der Waals surface area contributed by atoms with Crippen LogP contribution in [0.4, 0.5) is 5.69 Å². The van der Waals surface area contributed by atoms with Gasteiger partial charge in [-0.1, -0.05) is 36.4 Å². The Morgan fingerprint density at radius 3 is 2.58 bits per heavy atom. The molecule has 0 aliphatic carbocycles. The van der Waals surface area contributed by atoms with E-state index in [1.54, 1.807) is 12.3 Å². The molecule has 0 unspecified atom stereocenters. The van der Waals surface area contributed by atoms with Gasteiger partial charge in [0.05, 0.1) is 13.2 Å². The minimum atomic E-state index is -0.215. The van der Waals surface area contributed by atoms with Gasteiger partial charge in [0.1, 0.15) is 5.75 Å². The maximum atomic E-state index is 11.7. The summed E-state index contributed by atoms with van der Waals surface area (Å²) in [7, 11) is 0. The largest absolute Gasteiger partial charge is 0.494 e. The molecule has 2 aromatic carbocycles. The number of hydrogen-bond donors (Lipinski definition) is 2. The third-order valence-corrected chi connectivity index (χ3v) is 3.06. The van der Waals surface area contributed by atoms with E-state index in [0.717, 1.165) is 17.0 Å². The van der Waals surface area contributed by atoms with Crippen molar-refractivity contribution in [2.24, 2.45) is 5.10 Å². The molecule has 0 aliphatic rings. The van der Waals surface area contributed by atoms with Crippen molar-refractivity contribution in [1.29, 1.82) is 0 Å². The zero-order chi connectivity index (χ0) is 17.0. The number of ether oxygens (including phenoxy) is 1. The van der Waals surface area contributed by atoms with Gasteiger partial charge in [-0.15, -0.1) is 0 Å². The third-order valence-electron chi connectivity index (χ3n) is 3.06. The molecule has 0 atom stereocenters. The third kappa shape index (κ3) is 6.36. The second kappa shape index (κ2) is 9.84. The van der Waals surface area contributed by atoms with Gasteiger partial charge in [-0.3, -0.25) is 4.79 Å². The lowest BCUT2D eigenvalue weighted by molar-refractivity contribution is -0.119. The highest BCUT2D eigenvalue weighted by atomic mass is 16.5. The lowest BCUT2D eigenvalue weighted by Gasteiger charge is -2.07. The van der Waals surface area contributed by atoms with E-state index >= 15 is 0 Å². The Balaban J connectivity index is 1.69. The molecule has 0 heterocycles. The lowest BCUT2D eigenvalue weighted by Crippen LogP contribution is -2.25. The summed E-state index contributed by atoms with van der Waals surface area (Å²) in [4.78, 5) is 11.7. The van der Waals surface area contributed by atoms with Crippen LogP contribution in [0.15, 0.2) is 65.8 Å². The zero-order valence-electron chi connectivity index (χ0n) is 13.6. The first kappa shape index (κ1) is 17.3. The molecule has 0 bridgehead atoms. The first-order valence-electron chi connectivity index (χ1n) is 7.78. The molecule has 2 aromatic rings. The van der Waals surface area contributed by atoms with Crippen molar-refractivity contribution in [3.05, 3.63) is 66.2 Å². The number of amides is 1. The van der Waals surface area contributed by atoms with Crippen LogP contribution in [-0.4, -0.2) is 25.3 Å². The predicted molar refractivity (Wildman–Crippen MR) is 98.2 cm³/mol. The van der Waals surface area contributed by atoms with Gasteiger partial charge in [-0.2, -0.15) is 5.10 Å². The lowest BCUT2D eigenvalue weighted by atomic mass is 10.2. The zero-order valence-corrected chi connectivity index (χ0v) is 13.6. The maximum Gasteiger partial charge on any atom is 0.259 e. The van der Waals surface area contributed by atoms with Crippen LogP contribution in [0, 0.1) is 0 Å². The van der Waals surface area contributed by atoms with Crippen molar-refractivity contribution in [3.8, 4) is 5.75 Å². The minimum absolute atomic E-state index is 0.147. The standard InChI is InChI=1S/C19H21N3O2/c1-2-24-18-12-10-17(11-13-18)20-15-19(23)22-21-14-6-9-16-7-4-3-5-8-16/h3-14,20H,2,15H2,1H3,(H,22,23)/b9-6+,21-14?. The van der Waals surface area contributed by atoms with Crippen molar-refractivity contribution in [1.82, 2.24) is 5.43 Å². The molecule has 0 aromatic heterocycles. The molecule has 24 heavy (non-hydrogen) atoms.